The van der Waals surface area contributed by atoms with Crippen molar-refractivity contribution in [2.45, 2.75) is 83.2 Å². The molecule has 0 aromatic carbocycles. The molecule has 0 aromatic heterocycles. The first-order valence-electron chi connectivity index (χ1n) is 9.34. The molecular formula is C17H32N8. The number of guanidine groups is 2. The molecule has 0 heterocycles. The second kappa shape index (κ2) is 9.39. The Labute approximate surface area is 150 Å². The van der Waals surface area contributed by atoms with Crippen LogP contribution in [0.15, 0.2) is 10.2 Å². The minimum absolute atomic E-state index is 0.0321. The number of hydrogen-bond acceptors (Lipinski definition) is 4. The van der Waals surface area contributed by atoms with Crippen LogP contribution in [0.4, 0.5) is 0 Å². The predicted octanol–water partition coefficient (Wildman–Crippen LogP) is 2.40. The van der Waals surface area contributed by atoms with E-state index in [0.717, 1.165) is 51.4 Å². The Hall–Kier alpha value is -2.12. The normalized spacial score (nSPS) is 20.6. The van der Waals surface area contributed by atoms with Gasteiger partial charge in [-0.25, -0.2) is 10.0 Å². The third-order valence-corrected chi connectivity index (χ3v) is 4.97. The molecule has 0 unspecified atom stereocenters. The summed E-state index contributed by atoms with van der Waals surface area (Å²) in [5.41, 5.74) is 12.1. The van der Waals surface area contributed by atoms with E-state index < -0.39 is 0 Å². The van der Waals surface area contributed by atoms with E-state index in [1.54, 1.807) is 16.2 Å². The van der Waals surface area contributed by atoms with Crippen molar-refractivity contribution in [2.24, 2.45) is 21.7 Å². The Morgan fingerprint density at radius 3 is 1.72 bits per heavy atom. The van der Waals surface area contributed by atoms with E-state index >= 15 is 0 Å². The van der Waals surface area contributed by atoms with Gasteiger partial charge in [-0.15, -0.1) is 0 Å². The van der Waals surface area contributed by atoms with Gasteiger partial charge in [-0.3, -0.25) is 10.8 Å². The van der Waals surface area contributed by atoms with Crippen LogP contribution in [-0.2, 0) is 0 Å². The largest absolute Gasteiger partial charge is 0.369 e. The minimum Gasteiger partial charge on any atom is -0.369 e. The lowest BCUT2D eigenvalue weighted by Gasteiger charge is -2.31. The van der Waals surface area contributed by atoms with Crippen molar-refractivity contribution >= 4 is 23.8 Å². The lowest BCUT2D eigenvalue weighted by atomic mass is 9.95. The fraction of sp³-hybridized carbons (Fsp3) is 0.765. The Bertz CT molecular complexity index is 515. The van der Waals surface area contributed by atoms with Crippen LogP contribution < -0.4 is 11.5 Å². The highest BCUT2D eigenvalue weighted by Gasteiger charge is 2.23. The molecule has 8 nitrogen and oxygen atoms in total. The lowest BCUT2D eigenvalue weighted by Crippen LogP contribution is -2.42. The highest BCUT2D eigenvalue weighted by molar-refractivity contribution is 6.29. The van der Waals surface area contributed by atoms with Crippen LogP contribution in [0.5, 0.6) is 0 Å². The second-order valence-electron chi connectivity index (χ2n) is 7.03. The van der Waals surface area contributed by atoms with Gasteiger partial charge in [0.05, 0.1) is 24.0 Å². The molecule has 2 rings (SSSR count). The molecule has 0 bridgehead atoms. The van der Waals surface area contributed by atoms with Crippen LogP contribution in [0.25, 0.3) is 0 Å². The fourth-order valence-corrected chi connectivity index (χ4v) is 3.68. The van der Waals surface area contributed by atoms with Crippen molar-refractivity contribution in [1.82, 2.24) is 10.0 Å². The lowest BCUT2D eigenvalue weighted by molar-refractivity contribution is 0.247. The zero-order valence-electron chi connectivity index (χ0n) is 15.2. The first kappa shape index (κ1) is 19.2. The first-order chi connectivity index (χ1) is 12.0. The van der Waals surface area contributed by atoms with Gasteiger partial charge < -0.3 is 11.5 Å². The van der Waals surface area contributed by atoms with Gasteiger partial charge >= 0.3 is 0 Å². The van der Waals surface area contributed by atoms with Gasteiger partial charge in [0, 0.05) is 0 Å². The van der Waals surface area contributed by atoms with Gasteiger partial charge in [0.2, 0.25) is 11.9 Å². The average molecular weight is 348 g/mol. The van der Waals surface area contributed by atoms with Gasteiger partial charge in [-0.05, 0) is 32.6 Å². The van der Waals surface area contributed by atoms with Gasteiger partial charge in [-0.1, -0.05) is 38.5 Å². The molecule has 2 aliphatic rings. The van der Waals surface area contributed by atoms with E-state index in [-0.39, 0.29) is 24.0 Å². The Balaban J connectivity index is 2.06. The van der Waals surface area contributed by atoms with Crippen LogP contribution in [0.1, 0.15) is 71.1 Å². The molecule has 0 radical (unpaired) electrons. The van der Waals surface area contributed by atoms with Crippen molar-refractivity contribution in [3.63, 3.8) is 0 Å². The molecule has 8 heteroatoms. The van der Waals surface area contributed by atoms with Gasteiger partial charge in [0.1, 0.15) is 0 Å². The molecule has 0 saturated heterocycles. The zero-order chi connectivity index (χ0) is 18.2. The number of hydrogen-bond donors (Lipinski definition) is 4. The summed E-state index contributed by atoms with van der Waals surface area (Å²) in [5.74, 6) is -0.0676. The Morgan fingerprint density at radius 2 is 1.28 bits per heavy atom. The molecule has 2 fully saturated rings. The Morgan fingerprint density at radius 1 is 0.840 bits per heavy atom. The summed E-state index contributed by atoms with van der Waals surface area (Å²) in [4.78, 5) is 0. The standard InChI is InChI=1S/C17H32N8/c1-13(23-25(17(20)21)15-10-6-3-7-11-15)12-22-24(16(18)19)14-8-4-2-5-9-14/h12,14-15H,2-11H2,1H3,(H3,18,19)(H3,20,21). The van der Waals surface area contributed by atoms with Crippen molar-refractivity contribution in [3.8, 4) is 0 Å². The number of nitrogens with one attached hydrogen (secondary N) is 2. The summed E-state index contributed by atoms with van der Waals surface area (Å²) >= 11 is 0. The molecule has 140 valence electrons. The molecule has 0 aliphatic heterocycles. The second-order valence-corrected chi connectivity index (χ2v) is 7.03. The Kier molecular flexibility index (Phi) is 7.21. The van der Waals surface area contributed by atoms with Crippen molar-refractivity contribution in [2.75, 3.05) is 0 Å². The number of rotatable bonds is 5. The maximum atomic E-state index is 7.81. The highest BCUT2D eigenvalue weighted by atomic mass is 15.5. The third kappa shape index (κ3) is 5.72. The predicted molar refractivity (Wildman–Crippen MR) is 103 cm³/mol. The van der Waals surface area contributed by atoms with Crippen LogP contribution >= 0.6 is 0 Å². The van der Waals surface area contributed by atoms with Crippen molar-refractivity contribution in [3.05, 3.63) is 0 Å². The zero-order valence-corrected chi connectivity index (χ0v) is 15.2. The molecule has 6 N–H and O–H groups in total. The SMILES string of the molecule is CC(C=NN(C(=N)N)C1CCCCC1)=NN(C(=N)N)C1CCCCC1. The van der Waals surface area contributed by atoms with E-state index in [1.165, 1.54) is 12.8 Å². The van der Waals surface area contributed by atoms with E-state index in [9.17, 15) is 0 Å². The van der Waals surface area contributed by atoms with Gasteiger partial charge in [0.25, 0.3) is 0 Å². The number of nitrogens with zero attached hydrogens (tertiary/aromatic N) is 4. The summed E-state index contributed by atoms with van der Waals surface area (Å²) in [6.07, 6.45) is 12.7. The van der Waals surface area contributed by atoms with E-state index in [2.05, 4.69) is 10.2 Å². The first-order valence-corrected chi connectivity index (χ1v) is 9.34. The maximum absolute atomic E-state index is 7.81. The summed E-state index contributed by atoms with van der Waals surface area (Å²) < 4.78 is 0. The maximum Gasteiger partial charge on any atom is 0.209 e. The quantitative estimate of drug-likeness (QED) is 0.345. The minimum atomic E-state index is -0.0355. The van der Waals surface area contributed by atoms with Crippen molar-refractivity contribution < 1.29 is 0 Å². The van der Waals surface area contributed by atoms with E-state index in [1.807, 2.05) is 6.92 Å². The third-order valence-electron chi connectivity index (χ3n) is 4.97. The number of hydrazone groups is 2. The van der Waals surface area contributed by atoms with E-state index in [0.29, 0.717) is 5.71 Å². The van der Waals surface area contributed by atoms with E-state index in [4.69, 9.17) is 22.3 Å². The van der Waals surface area contributed by atoms with Crippen LogP contribution in [-0.4, -0.2) is 45.9 Å². The molecule has 2 saturated carbocycles. The summed E-state index contributed by atoms with van der Waals surface area (Å²) in [6.45, 7) is 1.83. The molecule has 25 heavy (non-hydrogen) atoms. The molecule has 0 aromatic rings. The molecule has 0 atom stereocenters. The van der Waals surface area contributed by atoms with Gasteiger partial charge in [-0.2, -0.15) is 10.2 Å². The fourth-order valence-electron chi connectivity index (χ4n) is 3.68. The van der Waals surface area contributed by atoms with Crippen LogP contribution in [0.2, 0.25) is 0 Å². The van der Waals surface area contributed by atoms with Crippen molar-refractivity contribution in [1.29, 1.82) is 10.8 Å². The summed E-state index contributed by atoms with van der Waals surface area (Å²) in [5, 5.41) is 27.7. The summed E-state index contributed by atoms with van der Waals surface area (Å²) in [7, 11) is 0. The smallest absolute Gasteiger partial charge is 0.209 e. The highest BCUT2D eigenvalue weighted by Crippen LogP contribution is 2.23. The average Bonchev–Trinajstić information content (AvgIpc) is 2.61. The number of nitrogens with two attached hydrogens (primary N) is 2. The monoisotopic (exact) mass is 348 g/mol. The summed E-state index contributed by atoms with van der Waals surface area (Å²) in [6, 6.07) is 0.384. The molecule has 0 amide bonds. The molecule has 2 aliphatic carbocycles. The molecule has 0 spiro atoms. The topological polar surface area (TPSA) is 131 Å². The van der Waals surface area contributed by atoms with Crippen LogP contribution in [0, 0.1) is 10.8 Å². The molecular weight excluding hydrogens is 316 g/mol. The van der Waals surface area contributed by atoms with Gasteiger partial charge in [0.15, 0.2) is 0 Å². The van der Waals surface area contributed by atoms with Crippen LogP contribution in [0.3, 0.4) is 0 Å².